The molecular formula is C11H7FN2O2. The normalized spacial score (nSPS) is 11.3. The van der Waals surface area contributed by atoms with E-state index in [9.17, 15) is 9.18 Å². The van der Waals surface area contributed by atoms with Crippen LogP contribution in [0.5, 0.6) is 0 Å². The first-order chi connectivity index (χ1) is 7.65. The summed E-state index contributed by atoms with van der Waals surface area (Å²) in [6.45, 7) is 0. The van der Waals surface area contributed by atoms with Crippen LogP contribution >= 0.6 is 0 Å². The second-order valence-corrected chi connectivity index (χ2v) is 3.59. The van der Waals surface area contributed by atoms with E-state index in [-0.39, 0.29) is 11.5 Å². The molecule has 2 heterocycles. The van der Waals surface area contributed by atoms with E-state index in [1.807, 2.05) is 0 Å². The second-order valence-electron chi connectivity index (χ2n) is 3.59. The van der Waals surface area contributed by atoms with Crippen LogP contribution in [0.2, 0.25) is 0 Å². The summed E-state index contributed by atoms with van der Waals surface area (Å²) in [7, 11) is 0. The predicted molar refractivity (Wildman–Crippen MR) is 57.1 cm³/mol. The Labute approximate surface area is 88.7 Å². The number of fused-ring (bicyclic) bond motifs is 3. The number of hydrogen-bond donors (Lipinski definition) is 3. The zero-order valence-electron chi connectivity index (χ0n) is 8.04. The maximum Gasteiger partial charge on any atom is 0.352 e. The van der Waals surface area contributed by atoms with Gasteiger partial charge in [0.15, 0.2) is 0 Å². The molecule has 0 saturated carbocycles. The summed E-state index contributed by atoms with van der Waals surface area (Å²) in [5.41, 5.74) is 2.15. The van der Waals surface area contributed by atoms with Crippen LogP contribution in [0.3, 0.4) is 0 Å². The number of aromatic nitrogens is 2. The topological polar surface area (TPSA) is 68.9 Å². The number of nitrogens with one attached hydrogen (secondary N) is 2. The molecule has 0 atom stereocenters. The van der Waals surface area contributed by atoms with Crippen LogP contribution in [-0.2, 0) is 0 Å². The maximum absolute atomic E-state index is 13.1. The average Bonchev–Trinajstić information content (AvgIpc) is 2.75. The molecule has 0 aliphatic heterocycles. The first kappa shape index (κ1) is 8.96. The van der Waals surface area contributed by atoms with Gasteiger partial charge in [-0.25, -0.2) is 9.18 Å². The van der Waals surface area contributed by atoms with E-state index in [1.165, 1.54) is 18.2 Å². The lowest BCUT2D eigenvalue weighted by Gasteiger charge is -1.91. The minimum Gasteiger partial charge on any atom is -0.477 e. The van der Waals surface area contributed by atoms with E-state index < -0.39 is 5.97 Å². The van der Waals surface area contributed by atoms with Gasteiger partial charge in [0.1, 0.15) is 11.5 Å². The number of carbonyl (C=O) groups is 1. The quantitative estimate of drug-likeness (QED) is 0.587. The Bertz CT molecular complexity index is 711. The molecule has 3 rings (SSSR count). The lowest BCUT2D eigenvalue weighted by atomic mass is 10.2. The number of aromatic amines is 2. The highest BCUT2D eigenvalue weighted by atomic mass is 19.1. The second kappa shape index (κ2) is 2.85. The molecule has 0 amide bonds. The van der Waals surface area contributed by atoms with Gasteiger partial charge < -0.3 is 15.1 Å². The number of halogens is 1. The van der Waals surface area contributed by atoms with Crippen LogP contribution in [0, 0.1) is 5.82 Å². The summed E-state index contributed by atoms with van der Waals surface area (Å²) < 4.78 is 13.1. The van der Waals surface area contributed by atoms with Crippen LogP contribution in [0.15, 0.2) is 24.3 Å². The number of carboxylic acid groups (broad SMARTS) is 1. The highest BCUT2D eigenvalue weighted by Crippen LogP contribution is 2.26. The Morgan fingerprint density at radius 2 is 2.00 bits per heavy atom. The van der Waals surface area contributed by atoms with Gasteiger partial charge in [-0.15, -0.1) is 0 Å². The van der Waals surface area contributed by atoms with E-state index in [2.05, 4.69) is 9.97 Å². The molecule has 0 aliphatic rings. The van der Waals surface area contributed by atoms with E-state index >= 15 is 0 Å². The van der Waals surface area contributed by atoms with Crippen LogP contribution in [0.1, 0.15) is 10.5 Å². The standard InChI is InChI=1S/C11H7FN2O2/c12-5-1-2-7-6(3-5)10-8(13-7)4-9(14-10)11(15)16/h1-4,13-14H,(H,15,16). The summed E-state index contributed by atoms with van der Waals surface area (Å²) in [5, 5.41) is 9.47. The van der Waals surface area contributed by atoms with E-state index in [0.29, 0.717) is 16.4 Å². The van der Waals surface area contributed by atoms with Gasteiger partial charge in [-0.3, -0.25) is 0 Å². The molecule has 4 nitrogen and oxygen atoms in total. The van der Waals surface area contributed by atoms with Gasteiger partial charge in [0.25, 0.3) is 0 Å². The van der Waals surface area contributed by atoms with Gasteiger partial charge in [-0.1, -0.05) is 0 Å². The largest absolute Gasteiger partial charge is 0.477 e. The fourth-order valence-electron chi connectivity index (χ4n) is 1.86. The van der Waals surface area contributed by atoms with Gasteiger partial charge in [0.05, 0.1) is 11.0 Å². The number of aromatic carboxylic acids is 1. The number of hydrogen-bond acceptors (Lipinski definition) is 1. The molecular weight excluding hydrogens is 211 g/mol. The zero-order valence-corrected chi connectivity index (χ0v) is 8.04. The van der Waals surface area contributed by atoms with Crippen molar-refractivity contribution in [3.63, 3.8) is 0 Å². The third kappa shape index (κ3) is 1.11. The smallest absolute Gasteiger partial charge is 0.352 e. The molecule has 0 radical (unpaired) electrons. The molecule has 2 aromatic heterocycles. The Balaban J connectivity index is 2.40. The summed E-state index contributed by atoms with van der Waals surface area (Å²) in [6.07, 6.45) is 0. The van der Waals surface area contributed by atoms with Crippen LogP contribution in [0.4, 0.5) is 4.39 Å². The lowest BCUT2D eigenvalue weighted by Crippen LogP contribution is -1.95. The van der Waals surface area contributed by atoms with Crippen molar-refractivity contribution in [1.82, 2.24) is 9.97 Å². The van der Waals surface area contributed by atoms with Crippen molar-refractivity contribution in [3.05, 3.63) is 35.8 Å². The molecule has 3 aromatic rings. The summed E-state index contributed by atoms with van der Waals surface area (Å²) in [5.74, 6) is -1.38. The van der Waals surface area contributed by atoms with Crippen molar-refractivity contribution in [2.24, 2.45) is 0 Å². The van der Waals surface area contributed by atoms with Crippen molar-refractivity contribution in [2.75, 3.05) is 0 Å². The molecule has 0 aliphatic carbocycles. The Kier molecular flexibility index (Phi) is 1.60. The fourth-order valence-corrected chi connectivity index (χ4v) is 1.86. The van der Waals surface area contributed by atoms with E-state index in [1.54, 1.807) is 6.07 Å². The molecule has 0 bridgehead atoms. The van der Waals surface area contributed by atoms with Gasteiger partial charge in [-0.2, -0.15) is 0 Å². The average molecular weight is 218 g/mol. The van der Waals surface area contributed by atoms with Gasteiger partial charge in [-0.05, 0) is 24.3 Å². The molecule has 80 valence electrons. The molecule has 16 heavy (non-hydrogen) atoms. The molecule has 0 spiro atoms. The van der Waals surface area contributed by atoms with Crippen molar-refractivity contribution >= 4 is 27.9 Å². The summed E-state index contributed by atoms with van der Waals surface area (Å²) in [4.78, 5) is 16.5. The van der Waals surface area contributed by atoms with Crippen molar-refractivity contribution < 1.29 is 14.3 Å². The number of rotatable bonds is 1. The molecule has 3 N–H and O–H groups in total. The van der Waals surface area contributed by atoms with E-state index in [4.69, 9.17) is 5.11 Å². The van der Waals surface area contributed by atoms with Crippen molar-refractivity contribution in [2.45, 2.75) is 0 Å². The SMILES string of the molecule is O=C(O)c1cc2[nH]c3ccc(F)cc3c2[nH]1. The highest BCUT2D eigenvalue weighted by Gasteiger charge is 2.12. The number of H-pyrrole nitrogens is 2. The molecule has 0 saturated heterocycles. The van der Waals surface area contributed by atoms with Gasteiger partial charge >= 0.3 is 5.97 Å². The van der Waals surface area contributed by atoms with Gasteiger partial charge in [0.2, 0.25) is 0 Å². The Morgan fingerprint density at radius 1 is 1.19 bits per heavy atom. The maximum atomic E-state index is 13.1. The summed E-state index contributed by atoms with van der Waals surface area (Å²) in [6, 6.07) is 5.85. The van der Waals surface area contributed by atoms with Gasteiger partial charge in [0, 0.05) is 10.9 Å². The monoisotopic (exact) mass is 218 g/mol. The lowest BCUT2D eigenvalue weighted by molar-refractivity contribution is 0.0691. The van der Waals surface area contributed by atoms with Crippen LogP contribution < -0.4 is 0 Å². The molecule has 0 unspecified atom stereocenters. The number of carboxylic acids is 1. The Hall–Kier alpha value is -2.30. The zero-order chi connectivity index (χ0) is 11.3. The van der Waals surface area contributed by atoms with Crippen LogP contribution in [-0.4, -0.2) is 21.0 Å². The minimum atomic E-state index is -1.03. The minimum absolute atomic E-state index is 0.0902. The molecule has 1 aromatic carbocycles. The summed E-state index contributed by atoms with van der Waals surface area (Å²) >= 11 is 0. The molecule has 5 heteroatoms. The first-order valence-corrected chi connectivity index (χ1v) is 4.68. The Morgan fingerprint density at radius 3 is 2.75 bits per heavy atom. The van der Waals surface area contributed by atoms with Crippen LogP contribution in [0.25, 0.3) is 21.9 Å². The number of benzene rings is 1. The van der Waals surface area contributed by atoms with E-state index in [0.717, 1.165) is 5.52 Å². The molecule has 0 fully saturated rings. The van der Waals surface area contributed by atoms with Crippen molar-refractivity contribution in [3.8, 4) is 0 Å². The first-order valence-electron chi connectivity index (χ1n) is 4.68. The predicted octanol–water partition coefficient (Wildman–Crippen LogP) is 2.49. The highest BCUT2D eigenvalue weighted by molar-refractivity contribution is 6.07. The third-order valence-corrected chi connectivity index (χ3v) is 2.57. The third-order valence-electron chi connectivity index (χ3n) is 2.57. The van der Waals surface area contributed by atoms with Crippen molar-refractivity contribution in [1.29, 1.82) is 0 Å². The fraction of sp³-hybridized carbons (Fsp3) is 0.